The zero-order chi connectivity index (χ0) is 18.0. The van der Waals surface area contributed by atoms with Gasteiger partial charge in [-0.05, 0) is 55.2 Å². The molecule has 26 heavy (non-hydrogen) atoms. The summed E-state index contributed by atoms with van der Waals surface area (Å²) >= 11 is 0. The molecule has 1 saturated carbocycles. The molecule has 1 aromatic carbocycles. The molecule has 1 saturated heterocycles. The molecule has 0 spiro atoms. The van der Waals surface area contributed by atoms with Crippen LogP contribution in [0.15, 0.2) is 48.3 Å². The van der Waals surface area contributed by atoms with Crippen LogP contribution in [0.25, 0.3) is 0 Å². The number of aliphatic hydroxyl groups is 1. The van der Waals surface area contributed by atoms with E-state index < -0.39 is 0 Å². The van der Waals surface area contributed by atoms with Gasteiger partial charge in [-0.2, -0.15) is 0 Å². The highest BCUT2D eigenvalue weighted by molar-refractivity contribution is 5.36. The Hall–Kier alpha value is -1.82. The van der Waals surface area contributed by atoms with Gasteiger partial charge in [0, 0.05) is 32.0 Å². The number of hydrazine groups is 1. The molecule has 1 aliphatic heterocycles. The Morgan fingerprint density at radius 2 is 2.00 bits per heavy atom. The lowest BCUT2D eigenvalue weighted by molar-refractivity contribution is -0.0353. The third-order valence-corrected chi connectivity index (χ3v) is 5.70. The van der Waals surface area contributed by atoms with Crippen LogP contribution in [-0.4, -0.2) is 54.7 Å². The van der Waals surface area contributed by atoms with Crippen LogP contribution in [0.2, 0.25) is 0 Å². The largest absolute Gasteiger partial charge is 0.486 e. The quantitative estimate of drug-likeness (QED) is 0.814. The van der Waals surface area contributed by atoms with Gasteiger partial charge in [0.05, 0.1) is 6.61 Å². The fraction of sp³-hybridized carbons (Fsp3) is 0.524. The second-order valence-electron chi connectivity index (χ2n) is 7.56. The summed E-state index contributed by atoms with van der Waals surface area (Å²) in [6, 6.07) is 8.19. The third kappa shape index (κ3) is 3.80. The molecule has 0 radical (unpaired) electrons. The van der Waals surface area contributed by atoms with Gasteiger partial charge in [-0.1, -0.05) is 12.1 Å². The van der Waals surface area contributed by atoms with E-state index in [0.717, 1.165) is 43.9 Å². The van der Waals surface area contributed by atoms with Crippen LogP contribution >= 0.6 is 0 Å². The molecule has 0 aromatic heterocycles. The van der Waals surface area contributed by atoms with Gasteiger partial charge in [-0.25, -0.2) is 10.0 Å². The van der Waals surface area contributed by atoms with Crippen molar-refractivity contribution in [2.24, 2.45) is 0 Å². The van der Waals surface area contributed by atoms with Crippen molar-refractivity contribution in [3.8, 4) is 5.75 Å². The van der Waals surface area contributed by atoms with Crippen molar-refractivity contribution in [1.29, 1.82) is 0 Å². The molecule has 140 valence electrons. The van der Waals surface area contributed by atoms with Gasteiger partial charge >= 0.3 is 0 Å². The summed E-state index contributed by atoms with van der Waals surface area (Å²) < 4.78 is 11.9. The lowest BCUT2D eigenvalue weighted by atomic mass is 9.97. The van der Waals surface area contributed by atoms with E-state index in [4.69, 9.17) is 9.47 Å². The van der Waals surface area contributed by atoms with Crippen molar-refractivity contribution in [2.45, 2.75) is 37.2 Å². The van der Waals surface area contributed by atoms with Crippen molar-refractivity contribution >= 4 is 0 Å². The zero-order valence-electron chi connectivity index (χ0n) is 15.4. The maximum atomic E-state index is 9.53. The first-order valence-corrected chi connectivity index (χ1v) is 9.54. The number of ether oxygens (including phenoxy) is 2. The average Bonchev–Trinajstić information content (AvgIpc) is 3.37. The third-order valence-electron chi connectivity index (χ3n) is 5.70. The molecule has 0 amide bonds. The number of benzene rings is 1. The molecule has 1 N–H and O–H groups in total. The monoisotopic (exact) mass is 356 g/mol. The minimum Gasteiger partial charge on any atom is -0.486 e. The maximum absolute atomic E-state index is 9.53. The Morgan fingerprint density at radius 1 is 1.19 bits per heavy atom. The van der Waals surface area contributed by atoms with Gasteiger partial charge in [0.1, 0.15) is 17.6 Å². The Labute approximate surface area is 155 Å². The van der Waals surface area contributed by atoms with E-state index in [1.54, 1.807) is 0 Å². The lowest BCUT2D eigenvalue weighted by Gasteiger charge is -2.25. The van der Waals surface area contributed by atoms with E-state index in [0.29, 0.717) is 6.73 Å². The number of nitrogens with zero attached hydrogens (tertiary/aromatic N) is 2. The van der Waals surface area contributed by atoms with Gasteiger partial charge < -0.3 is 14.6 Å². The predicted molar refractivity (Wildman–Crippen MR) is 101 cm³/mol. The fourth-order valence-electron chi connectivity index (χ4n) is 3.63. The molecule has 3 aliphatic rings. The van der Waals surface area contributed by atoms with Crippen LogP contribution in [0, 0.1) is 0 Å². The van der Waals surface area contributed by atoms with Crippen LogP contribution in [-0.2, 0) is 10.2 Å². The van der Waals surface area contributed by atoms with Gasteiger partial charge in [0.2, 0.25) is 0 Å². The molecule has 1 aromatic rings. The first-order chi connectivity index (χ1) is 12.7. The summed E-state index contributed by atoms with van der Waals surface area (Å²) in [6.45, 7) is 3.00. The average molecular weight is 356 g/mol. The molecule has 1 unspecified atom stereocenters. The summed E-state index contributed by atoms with van der Waals surface area (Å²) in [5.41, 5.74) is 1.23. The summed E-state index contributed by atoms with van der Waals surface area (Å²) in [5.74, 6) is 1.78. The first kappa shape index (κ1) is 17.6. The highest BCUT2D eigenvalue weighted by Crippen LogP contribution is 2.47. The van der Waals surface area contributed by atoms with E-state index in [9.17, 15) is 5.11 Å². The fourth-order valence-corrected chi connectivity index (χ4v) is 3.63. The van der Waals surface area contributed by atoms with Gasteiger partial charge in [-0.15, -0.1) is 0 Å². The van der Waals surface area contributed by atoms with Gasteiger partial charge in [-0.3, -0.25) is 0 Å². The minimum absolute atomic E-state index is 0.0155. The van der Waals surface area contributed by atoms with Crippen LogP contribution in [0.4, 0.5) is 0 Å². The van der Waals surface area contributed by atoms with Crippen LogP contribution < -0.4 is 4.74 Å². The van der Waals surface area contributed by atoms with Crippen molar-refractivity contribution < 1.29 is 14.6 Å². The smallest absolute Gasteiger partial charge is 0.154 e. The maximum Gasteiger partial charge on any atom is 0.154 e. The molecule has 5 nitrogen and oxygen atoms in total. The minimum atomic E-state index is 0.0155. The van der Waals surface area contributed by atoms with Crippen molar-refractivity contribution in [3.63, 3.8) is 0 Å². The normalized spacial score (nSPS) is 25.2. The number of allylic oxidation sites excluding steroid dienone is 1. The second kappa shape index (κ2) is 7.43. The molecule has 2 fully saturated rings. The Balaban J connectivity index is 1.26. The summed E-state index contributed by atoms with van der Waals surface area (Å²) in [6.07, 6.45) is 10.4. The molecule has 0 bridgehead atoms. The topological polar surface area (TPSA) is 45.2 Å². The first-order valence-electron chi connectivity index (χ1n) is 9.54. The SMILES string of the molecule is CN1CCCN1COC1=CCC(Oc2ccc(C3(CO)CC3)cc2)C=C1. The summed E-state index contributed by atoms with van der Waals surface area (Å²) in [4.78, 5) is 0. The predicted octanol–water partition coefficient (Wildman–Crippen LogP) is 2.83. The van der Waals surface area contributed by atoms with Crippen molar-refractivity contribution in [3.05, 3.63) is 53.8 Å². The highest BCUT2D eigenvalue weighted by atomic mass is 16.5. The van der Waals surface area contributed by atoms with Crippen LogP contribution in [0.5, 0.6) is 5.75 Å². The van der Waals surface area contributed by atoms with Crippen molar-refractivity contribution in [1.82, 2.24) is 10.0 Å². The molecule has 1 heterocycles. The summed E-state index contributed by atoms with van der Waals surface area (Å²) in [5, 5.41) is 14.0. The van der Waals surface area contributed by atoms with Gasteiger partial charge in [0.25, 0.3) is 0 Å². The number of aliphatic hydroxyl groups excluding tert-OH is 1. The van der Waals surface area contributed by atoms with E-state index in [-0.39, 0.29) is 18.1 Å². The van der Waals surface area contributed by atoms with Crippen molar-refractivity contribution in [2.75, 3.05) is 33.5 Å². The van der Waals surface area contributed by atoms with Crippen LogP contribution in [0.1, 0.15) is 31.2 Å². The van der Waals surface area contributed by atoms with E-state index in [2.05, 4.69) is 41.4 Å². The molecule has 2 aliphatic carbocycles. The Morgan fingerprint density at radius 3 is 2.58 bits per heavy atom. The number of rotatable bonds is 7. The van der Waals surface area contributed by atoms with E-state index in [1.165, 1.54) is 12.0 Å². The second-order valence-corrected chi connectivity index (χ2v) is 7.56. The molecule has 4 rings (SSSR count). The number of hydrogen-bond donors (Lipinski definition) is 1. The molecular weight excluding hydrogens is 328 g/mol. The molecule has 5 heteroatoms. The lowest BCUT2D eigenvalue weighted by Crippen LogP contribution is -2.34. The molecule has 1 atom stereocenters. The molecular formula is C21H28N2O3. The highest BCUT2D eigenvalue weighted by Gasteiger charge is 2.43. The summed E-state index contributed by atoms with van der Waals surface area (Å²) in [7, 11) is 2.10. The van der Waals surface area contributed by atoms with E-state index in [1.807, 2.05) is 18.2 Å². The van der Waals surface area contributed by atoms with E-state index >= 15 is 0 Å². The van der Waals surface area contributed by atoms with Crippen LogP contribution in [0.3, 0.4) is 0 Å². The standard InChI is InChI=1S/C21H28N2O3/c1-22-13-2-14-23(22)16-25-18-7-9-20(10-8-18)26-19-5-3-17(4-6-19)21(15-24)11-12-21/h3-9,20,24H,2,10-16H2,1H3. The Bertz CT molecular complexity index is 679. The number of hydrogen-bond acceptors (Lipinski definition) is 5. The zero-order valence-corrected chi connectivity index (χ0v) is 15.4. The Kier molecular flexibility index (Phi) is 5.02. The van der Waals surface area contributed by atoms with Gasteiger partial charge in [0.15, 0.2) is 6.73 Å².